The standard InChI is InChI=1S/C18H24N6O5S/c1-2-3-5-30(6-4-10(19)18(27)28)7-11-13(25)14(26)17(29-11)24-9-23-12-15(20)21-8-22-16(12)24/h8-11,13-14,17,25-26H,4-7,19H2,1H3,(H2-,20,21,22,27,28)/p+1/t10?,11-,13-,14-,17-,30?/m1/s1. The number of aliphatic carboxylic acids is 1. The largest absolute Gasteiger partial charge is 0.480 e. The summed E-state index contributed by atoms with van der Waals surface area (Å²) in [5.41, 5.74) is 12.2. The summed E-state index contributed by atoms with van der Waals surface area (Å²) >= 11 is 0. The molecule has 11 nitrogen and oxygen atoms in total. The molecule has 1 aliphatic rings. The van der Waals surface area contributed by atoms with Gasteiger partial charge in [-0.3, -0.25) is 9.36 Å². The Morgan fingerprint density at radius 2 is 2.13 bits per heavy atom. The Labute approximate surface area is 175 Å². The van der Waals surface area contributed by atoms with Crippen LogP contribution in [0.15, 0.2) is 12.7 Å². The van der Waals surface area contributed by atoms with Gasteiger partial charge in [0.1, 0.15) is 47.7 Å². The molecule has 162 valence electrons. The molecular formula is C18H25N6O5S+. The zero-order valence-electron chi connectivity index (χ0n) is 16.4. The van der Waals surface area contributed by atoms with E-state index in [2.05, 4.69) is 26.8 Å². The molecule has 0 saturated carbocycles. The van der Waals surface area contributed by atoms with E-state index in [1.807, 2.05) is 0 Å². The summed E-state index contributed by atoms with van der Waals surface area (Å²) in [4.78, 5) is 23.2. The maximum absolute atomic E-state index is 11.0. The lowest BCUT2D eigenvalue weighted by molar-refractivity contribution is -0.138. The molecule has 6 atom stereocenters. The highest BCUT2D eigenvalue weighted by Gasteiger charge is 2.47. The molecule has 0 aliphatic carbocycles. The number of hydrogen-bond acceptors (Lipinski definition) is 9. The molecule has 2 aromatic rings. The summed E-state index contributed by atoms with van der Waals surface area (Å²) < 4.78 is 7.50. The number of rotatable bonds is 8. The molecule has 0 aromatic carbocycles. The van der Waals surface area contributed by atoms with E-state index >= 15 is 0 Å². The van der Waals surface area contributed by atoms with Crippen LogP contribution in [0.3, 0.4) is 0 Å². The molecule has 0 amide bonds. The summed E-state index contributed by atoms with van der Waals surface area (Å²) in [6, 6.07) is -0.954. The van der Waals surface area contributed by atoms with E-state index in [0.717, 1.165) is 0 Å². The fraction of sp³-hybridized carbons (Fsp3) is 0.556. The predicted octanol–water partition coefficient (Wildman–Crippen LogP) is -1.53. The lowest BCUT2D eigenvalue weighted by Crippen LogP contribution is -2.38. The van der Waals surface area contributed by atoms with Gasteiger partial charge >= 0.3 is 5.97 Å². The molecule has 0 radical (unpaired) electrons. The Balaban J connectivity index is 1.74. The topological polar surface area (TPSA) is 183 Å². The molecular weight excluding hydrogens is 412 g/mol. The summed E-state index contributed by atoms with van der Waals surface area (Å²) in [5.74, 6) is 6.47. The van der Waals surface area contributed by atoms with Crippen molar-refractivity contribution in [1.29, 1.82) is 0 Å². The first-order valence-corrected chi connectivity index (χ1v) is 11.0. The molecule has 0 spiro atoms. The summed E-state index contributed by atoms with van der Waals surface area (Å²) in [5, 5.41) is 30.2. The van der Waals surface area contributed by atoms with Crippen LogP contribution >= 0.6 is 0 Å². The average molecular weight is 438 g/mol. The first kappa shape index (κ1) is 22.3. The van der Waals surface area contributed by atoms with Gasteiger partial charge < -0.3 is 31.5 Å². The van der Waals surface area contributed by atoms with Gasteiger partial charge in [-0.15, -0.1) is 5.92 Å². The molecule has 1 aliphatic heterocycles. The number of aliphatic hydroxyl groups excluding tert-OH is 2. The number of aliphatic hydroxyl groups is 2. The number of nitrogens with two attached hydrogens (primary N) is 2. The highest BCUT2D eigenvalue weighted by molar-refractivity contribution is 7.97. The number of fused-ring (bicyclic) bond motifs is 1. The Bertz CT molecular complexity index is 959. The third-order valence-corrected chi connectivity index (χ3v) is 7.05. The van der Waals surface area contributed by atoms with Crippen molar-refractivity contribution < 1.29 is 24.9 Å². The molecule has 1 saturated heterocycles. The number of aromatic nitrogens is 4. The second-order valence-electron chi connectivity index (χ2n) is 6.92. The number of imidazole rings is 1. The second kappa shape index (κ2) is 9.59. The molecule has 1 fully saturated rings. The monoisotopic (exact) mass is 437 g/mol. The molecule has 30 heavy (non-hydrogen) atoms. The lowest BCUT2D eigenvalue weighted by atomic mass is 10.1. The third-order valence-electron chi connectivity index (χ3n) is 4.89. The average Bonchev–Trinajstić information content (AvgIpc) is 3.26. The molecule has 2 unspecified atom stereocenters. The predicted molar refractivity (Wildman–Crippen MR) is 111 cm³/mol. The van der Waals surface area contributed by atoms with Crippen molar-refractivity contribution in [3.63, 3.8) is 0 Å². The first-order chi connectivity index (χ1) is 14.3. The van der Waals surface area contributed by atoms with E-state index in [4.69, 9.17) is 21.3 Å². The number of ether oxygens (including phenoxy) is 1. The number of hydrogen-bond donors (Lipinski definition) is 5. The van der Waals surface area contributed by atoms with E-state index < -0.39 is 36.6 Å². The van der Waals surface area contributed by atoms with Crippen molar-refractivity contribution in [2.45, 2.75) is 43.9 Å². The lowest BCUT2D eigenvalue weighted by Gasteiger charge is -2.16. The maximum atomic E-state index is 11.0. The highest BCUT2D eigenvalue weighted by Crippen LogP contribution is 2.32. The van der Waals surface area contributed by atoms with Crippen LogP contribution < -0.4 is 11.5 Å². The number of carboxylic acid groups (broad SMARTS) is 1. The van der Waals surface area contributed by atoms with E-state index in [-0.39, 0.29) is 16.7 Å². The van der Waals surface area contributed by atoms with Crippen LogP contribution in [0.25, 0.3) is 11.2 Å². The van der Waals surface area contributed by atoms with Gasteiger partial charge in [0.2, 0.25) is 0 Å². The van der Waals surface area contributed by atoms with E-state index in [1.54, 1.807) is 6.92 Å². The van der Waals surface area contributed by atoms with Gasteiger partial charge in [-0.1, -0.05) is 0 Å². The molecule has 12 heteroatoms. The molecule has 0 bridgehead atoms. The van der Waals surface area contributed by atoms with Gasteiger partial charge in [-0.25, -0.2) is 15.0 Å². The number of nitrogen functional groups attached to an aromatic ring is 1. The smallest absolute Gasteiger partial charge is 0.320 e. The minimum atomic E-state index is -1.20. The van der Waals surface area contributed by atoms with Gasteiger partial charge in [0.25, 0.3) is 0 Å². The van der Waals surface area contributed by atoms with E-state index in [1.165, 1.54) is 17.2 Å². The number of carboxylic acids is 1. The number of nitrogens with zero attached hydrogens (tertiary/aromatic N) is 4. The molecule has 3 rings (SSSR count). The zero-order valence-corrected chi connectivity index (χ0v) is 17.2. The number of carbonyl (C=O) groups is 1. The maximum Gasteiger partial charge on any atom is 0.320 e. The summed E-state index contributed by atoms with van der Waals surface area (Å²) in [7, 11) is -0.363. The van der Waals surface area contributed by atoms with Gasteiger partial charge in [0.15, 0.2) is 23.4 Å². The third kappa shape index (κ3) is 4.66. The van der Waals surface area contributed by atoms with Crippen LogP contribution in [0.2, 0.25) is 0 Å². The quantitative estimate of drug-likeness (QED) is 0.240. The molecule has 2 aromatic heterocycles. The van der Waals surface area contributed by atoms with Crippen molar-refractivity contribution in [2.24, 2.45) is 5.73 Å². The van der Waals surface area contributed by atoms with Gasteiger partial charge in [-0.05, 0) is 12.8 Å². The minimum absolute atomic E-state index is 0.206. The van der Waals surface area contributed by atoms with Crippen LogP contribution in [0, 0.1) is 11.8 Å². The van der Waals surface area contributed by atoms with Gasteiger partial charge in [-0.2, -0.15) is 0 Å². The van der Waals surface area contributed by atoms with Crippen molar-refractivity contribution in [2.75, 3.05) is 23.0 Å². The zero-order chi connectivity index (χ0) is 21.8. The Kier molecular flexibility index (Phi) is 7.11. The molecule has 3 heterocycles. The minimum Gasteiger partial charge on any atom is -0.480 e. The fourth-order valence-electron chi connectivity index (χ4n) is 3.19. The normalized spacial score (nSPS) is 25.6. The SMILES string of the molecule is CC#CC[S+](CCC(N)C(=O)O)C[C@H]1O[C@@H](n2cnc3c(N)ncnc32)[C@H](O)[C@@H]1O. The summed E-state index contributed by atoms with van der Waals surface area (Å²) in [6.45, 7) is 1.73. The van der Waals surface area contributed by atoms with Gasteiger partial charge in [0.05, 0.1) is 6.33 Å². The van der Waals surface area contributed by atoms with Crippen LogP contribution in [0.1, 0.15) is 19.6 Å². The van der Waals surface area contributed by atoms with Crippen molar-refractivity contribution >= 4 is 33.8 Å². The van der Waals surface area contributed by atoms with Crippen LogP contribution in [-0.4, -0.2) is 82.4 Å². The van der Waals surface area contributed by atoms with Gasteiger partial charge in [0, 0.05) is 17.3 Å². The van der Waals surface area contributed by atoms with Crippen molar-refractivity contribution in [3.8, 4) is 11.8 Å². The molecule has 7 N–H and O–H groups in total. The van der Waals surface area contributed by atoms with Crippen LogP contribution in [0.5, 0.6) is 0 Å². The fourth-order valence-corrected chi connectivity index (χ4v) is 5.30. The van der Waals surface area contributed by atoms with E-state index in [9.17, 15) is 15.0 Å². The highest BCUT2D eigenvalue weighted by atomic mass is 32.2. The second-order valence-corrected chi connectivity index (χ2v) is 9.17. The number of anilines is 1. The van der Waals surface area contributed by atoms with E-state index in [0.29, 0.717) is 34.8 Å². The van der Waals surface area contributed by atoms with Crippen molar-refractivity contribution in [3.05, 3.63) is 12.7 Å². The Hall–Kier alpha value is -2.43. The Morgan fingerprint density at radius 3 is 2.83 bits per heavy atom. The first-order valence-electron chi connectivity index (χ1n) is 9.30. The summed E-state index contributed by atoms with van der Waals surface area (Å²) in [6.07, 6.45) is -0.874. The van der Waals surface area contributed by atoms with Crippen LogP contribution in [0.4, 0.5) is 5.82 Å². The Morgan fingerprint density at radius 1 is 1.37 bits per heavy atom. The van der Waals surface area contributed by atoms with Crippen molar-refractivity contribution in [1.82, 2.24) is 19.5 Å². The van der Waals surface area contributed by atoms with Crippen LogP contribution in [-0.2, 0) is 20.4 Å².